The van der Waals surface area contributed by atoms with Gasteiger partial charge in [0.15, 0.2) is 5.03 Å². The highest BCUT2D eigenvalue weighted by molar-refractivity contribution is 7.89. The van der Waals surface area contributed by atoms with Crippen LogP contribution in [-0.2, 0) is 26.0 Å². The van der Waals surface area contributed by atoms with Crippen LogP contribution >= 0.6 is 0 Å². The number of piperidine rings is 1. The quantitative estimate of drug-likeness (QED) is 0.809. The standard InChI is InChI=1S/C17H27N3O5S/c1-3-19-16(8-12(2)18-19)26(22,23)20-9-13-10-25-7-5-17(13,21)14-11-24-6-4-15(14)20/h8,13-15,21H,3-7,9-11H2,1-2H3/t13-,14+,15-,17-/m1/s1. The van der Waals surface area contributed by atoms with Gasteiger partial charge in [-0.05, 0) is 26.3 Å². The van der Waals surface area contributed by atoms with Crippen LogP contribution in [0.1, 0.15) is 25.5 Å². The van der Waals surface area contributed by atoms with E-state index in [1.165, 1.54) is 4.68 Å². The van der Waals surface area contributed by atoms with Crippen molar-refractivity contribution < 1.29 is 23.0 Å². The lowest BCUT2D eigenvalue weighted by atomic mass is 9.67. The number of nitrogens with zero attached hydrogens (tertiary/aromatic N) is 3. The summed E-state index contributed by atoms with van der Waals surface area (Å²) in [6.45, 7) is 6.21. The normalized spacial score (nSPS) is 35.7. The Morgan fingerprint density at radius 1 is 1.35 bits per heavy atom. The summed E-state index contributed by atoms with van der Waals surface area (Å²) in [4.78, 5) is 0. The lowest BCUT2D eigenvalue weighted by molar-refractivity contribution is -0.207. The van der Waals surface area contributed by atoms with Crippen LogP contribution in [0, 0.1) is 18.8 Å². The van der Waals surface area contributed by atoms with Crippen molar-refractivity contribution >= 4 is 10.0 Å². The molecular formula is C17H27N3O5S. The zero-order valence-corrected chi connectivity index (χ0v) is 16.1. The van der Waals surface area contributed by atoms with Crippen molar-refractivity contribution in [3.63, 3.8) is 0 Å². The molecule has 3 fully saturated rings. The average molecular weight is 385 g/mol. The van der Waals surface area contributed by atoms with Crippen molar-refractivity contribution in [3.8, 4) is 0 Å². The topological polar surface area (TPSA) is 93.9 Å². The van der Waals surface area contributed by atoms with Crippen LogP contribution in [0.25, 0.3) is 0 Å². The van der Waals surface area contributed by atoms with Gasteiger partial charge in [-0.25, -0.2) is 8.42 Å². The summed E-state index contributed by atoms with van der Waals surface area (Å²) in [5.41, 5.74) is -0.237. The molecule has 3 aliphatic heterocycles. The largest absolute Gasteiger partial charge is 0.389 e. The fourth-order valence-corrected chi connectivity index (χ4v) is 6.74. The van der Waals surface area contributed by atoms with Gasteiger partial charge in [0.2, 0.25) is 0 Å². The van der Waals surface area contributed by atoms with Crippen molar-refractivity contribution in [1.82, 2.24) is 14.1 Å². The third-order valence-corrected chi connectivity index (χ3v) is 8.04. The van der Waals surface area contributed by atoms with Crippen LogP contribution in [0.2, 0.25) is 0 Å². The van der Waals surface area contributed by atoms with Gasteiger partial charge in [0, 0.05) is 50.6 Å². The van der Waals surface area contributed by atoms with Crippen LogP contribution in [0.15, 0.2) is 11.1 Å². The predicted octanol–water partition coefficient (Wildman–Crippen LogP) is 0.388. The molecule has 1 aromatic heterocycles. The molecule has 8 nitrogen and oxygen atoms in total. The summed E-state index contributed by atoms with van der Waals surface area (Å²) < 4.78 is 41.3. The molecule has 26 heavy (non-hydrogen) atoms. The molecule has 0 bridgehead atoms. The number of rotatable bonds is 3. The Labute approximate surface area is 154 Å². The Kier molecular flexibility index (Phi) is 4.63. The maximum atomic E-state index is 13.5. The van der Waals surface area contributed by atoms with Gasteiger partial charge in [-0.3, -0.25) is 4.68 Å². The lowest BCUT2D eigenvalue weighted by Crippen LogP contribution is -2.68. The second-order valence-electron chi connectivity index (χ2n) is 7.56. The first kappa shape index (κ1) is 18.4. The first-order valence-corrected chi connectivity index (χ1v) is 10.8. The molecular weight excluding hydrogens is 358 g/mol. The van der Waals surface area contributed by atoms with E-state index in [1.807, 2.05) is 6.92 Å². The summed E-state index contributed by atoms with van der Waals surface area (Å²) in [6.07, 6.45) is 1.13. The van der Waals surface area contributed by atoms with Gasteiger partial charge in [0.1, 0.15) is 0 Å². The average Bonchev–Trinajstić information content (AvgIpc) is 3.03. The highest BCUT2D eigenvalue weighted by atomic mass is 32.2. The van der Waals surface area contributed by atoms with Crippen LogP contribution in [0.4, 0.5) is 0 Å². The molecule has 4 atom stereocenters. The molecule has 0 unspecified atom stereocenters. The van der Waals surface area contributed by atoms with E-state index >= 15 is 0 Å². The number of ether oxygens (including phenoxy) is 2. The number of aliphatic hydroxyl groups is 1. The lowest BCUT2D eigenvalue weighted by Gasteiger charge is -2.56. The van der Waals surface area contributed by atoms with Crippen LogP contribution in [-0.4, -0.2) is 72.2 Å². The third kappa shape index (κ3) is 2.72. The smallest absolute Gasteiger partial charge is 0.260 e. The van der Waals surface area contributed by atoms with Gasteiger partial charge in [-0.15, -0.1) is 0 Å². The molecule has 9 heteroatoms. The molecule has 0 aliphatic carbocycles. The summed E-state index contributed by atoms with van der Waals surface area (Å²) in [5.74, 6) is -0.471. The minimum Gasteiger partial charge on any atom is -0.389 e. The van der Waals surface area contributed by atoms with Gasteiger partial charge in [0.05, 0.1) is 24.5 Å². The SMILES string of the molecule is CCn1nc(C)cc1S(=O)(=O)N1C[C@@H]2COCC[C@]2(O)[C@H]2COCC[C@H]21. The van der Waals surface area contributed by atoms with Crippen LogP contribution < -0.4 is 0 Å². The summed E-state index contributed by atoms with van der Waals surface area (Å²) >= 11 is 0. The van der Waals surface area contributed by atoms with Gasteiger partial charge in [0.25, 0.3) is 10.0 Å². The van der Waals surface area contributed by atoms with Gasteiger partial charge in [-0.2, -0.15) is 9.40 Å². The maximum absolute atomic E-state index is 13.5. The first-order chi connectivity index (χ1) is 12.4. The van der Waals surface area contributed by atoms with E-state index in [-0.39, 0.29) is 29.4 Å². The number of aryl methyl sites for hydroxylation is 2. The molecule has 0 saturated carbocycles. The Balaban J connectivity index is 1.75. The van der Waals surface area contributed by atoms with E-state index in [0.717, 1.165) is 0 Å². The first-order valence-electron chi connectivity index (χ1n) is 9.32. The predicted molar refractivity (Wildman–Crippen MR) is 93.1 cm³/mol. The fourth-order valence-electron chi connectivity index (χ4n) is 4.76. The van der Waals surface area contributed by atoms with E-state index in [1.54, 1.807) is 17.3 Å². The summed E-state index contributed by atoms with van der Waals surface area (Å²) in [5, 5.41) is 15.9. The van der Waals surface area contributed by atoms with E-state index in [9.17, 15) is 13.5 Å². The van der Waals surface area contributed by atoms with Crippen molar-refractivity contribution in [2.24, 2.45) is 11.8 Å². The number of aromatic nitrogens is 2. The summed E-state index contributed by atoms with van der Waals surface area (Å²) in [7, 11) is -3.72. The second kappa shape index (κ2) is 6.56. The van der Waals surface area contributed by atoms with Crippen molar-refractivity contribution in [2.75, 3.05) is 33.0 Å². The third-order valence-electron chi connectivity index (χ3n) is 6.14. The second-order valence-corrected chi connectivity index (χ2v) is 9.40. The monoisotopic (exact) mass is 385 g/mol. The maximum Gasteiger partial charge on any atom is 0.260 e. The Hall–Kier alpha value is -1.00. The fraction of sp³-hybridized carbons (Fsp3) is 0.824. The van der Waals surface area contributed by atoms with E-state index in [2.05, 4.69) is 5.10 Å². The van der Waals surface area contributed by atoms with Crippen molar-refractivity contribution in [1.29, 1.82) is 0 Å². The number of hydrogen-bond acceptors (Lipinski definition) is 6. The number of fused-ring (bicyclic) bond motifs is 3. The van der Waals surface area contributed by atoms with Crippen LogP contribution in [0.3, 0.4) is 0 Å². The molecule has 0 aromatic carbocycles. The van der Waals surface area contributed by atoms with Gasteiger partial charge in [-0.1, -0.05) is 0 Å². The molecule has 0 spiro atoms. The highest BCUT2D eigenvalue weighted by Gasteiger charge is 2.58. The number of sulfonamides is 1. The molecule has 0 radical (unpaired) electrons. The Morgan fingerprint density at radius 2 is 2.12 bits per heavy atom. The van der Waals surface area contributed by atoms with E-state index in [4.69, 9.17) is 9.47 Å². The van der Waals surface area contributed by atoms with Gasteiger partial charge >= 0.3 is 0 Å². The minimum absolute atomic E-state index is 0.227. The molecule has 1 N–H and O–H groups in total. The molecule has 3 saturated heterocycles. The van der Waals surface area contributed by atoms with Crippen molar-refractivity contribution in [2.45, 2.75) is 49.9 Å². The molecule has 3 aliphatic rings. The zero-order valence-electron chi connectivity index (χ0n) is 15.3. The molecule has 4 rings (SSSR count). The zero-order chi connectivity index (χ0) is 18.5. The highest BCUT2D eigenvalue weighted by Crippen LogP contribution is 2.45. The minimum atomic E-state index is -3.72. The van der Waals surface area contributed by atoms with Crippen molar-refractivity contribution in [3.05, 3.63) is 11.8 Å². The molecule has 1 aromatic rings. The number of hydrogen-bond donors (Lipinski definition) is 1. The molecule has 0 amide bonds. The molecule has 4 heterocycles. The molecule has 146 valence electrons. The Morgan fingerprint density at radius 3 is 2.88 bits per heavy atom. The van der Waals surface area contributed by atoms with E-state index < -0.39 is 15.6 Å². The Bertz CT molecular complexity index is 779. The summed E-state index contributed by atoms with van der Waals surface area (Å²) in [6, 6.07) is 1.37. The van der Waals surface area contributed by atoms with E-state index in [0.29, 0.717) is 51.5 Å². The van der Waals surface area contributed by atoms with Crippen LogP contribution in [0.5, 0.6) is 0 Å². The van der Waals surface area contributed by atoms with Gasteiger partial charge < -0.3 is 14.6 Å².